The third-order valence-electron chi connectivity index (χ3n) is 2.45. The third-order valence-corrected chi connectivity index (χ3v) is 5.10. The smallest absolute Gasteiger partial charge is 0.0819 e. The summed E-state index contributed by atoms with van der Waals surface area (Å²) in [7, 11) is -1.18. The molecule has 0 aliphatic rings. The molecule has 1 aromatic rings. The van der Waals surface area contributed by atoms with E-state index in [0.29, 0.717) is 0 Å². The zero-order valence-corrected chi connectivity index (χ0v) is 11.5. The van der Waals surface area contributed by atoms with Gasteiger partial charge in [0.2, 0.25) is 0 Å². The van der Waals surface area contributed by atoms with Gasteiger partial charge in [0.25, 0.3) is 0 Å². The number of allylic oxidation sites excluding steroid dienone is 1. The Hall–Kier alpha value is -0.753. The van der Waals surface area contributed by atoms with Crippen LogP contribution < -0.4 is 0 Å². The Kier molecular flexibility index (Phi) is 3.98. The maximum atomic E-state index is 5.81. The van der Waals surface area contributed by atoms with E-state index in [4.69, 9.17) is 11.6 Å². The Bertz CT molecular complexity index is 390. The van der Waals surface area contributed by atoms with Crippen LogP contribution in [0.25, 0.3) is 6.08 Å². The molecule has 0 saturated heterocycles. The van der Waals surface area contributed by atoms with E-state index in [0.717, 1.165) is 10.6 Å². The molecule has 0 saturated carbocycles. The fraction of sp³-hybridized carbons (Fsp3) is 0.308. The van der Waals surface area contributed by atoms with Crippen LogP contribution in [-0.4, -0.2) is 8.07 Å². The molecule has 1 aromatic carbocycles. The first kappa shape index (κ1) is 12.3. The highest BCUT2D eigenvalue weighted by atomic mass is 35.5. The number of hydrogen-bond acceptors (Lipinski definition) is 0. The lowest BCUT2D eigenvalue weighted by atomic mass is 10.2. The molecule has 1 rings (SSSR count). The molecule has 0 bridgehead atoms. The second-order valence-corrected chi connectivity index (χ2v) is 10.4. The molecule has 0 aromatic heterocycles. The van der Waals surface area contributed by atoms with E-state index in [1.165, 1.54) is 5.20 Å². The molecule has 0 amide bonds. The summed E-state index contributed by atoms with van der Waals surface area (Å²) in [4.78, 5) is 0. The van der Waals surface area contributed by atoms with Gasteiger partial charge in [-0.1, -0.05) is 43.4 Å². The topological polar surface area (TPSA) is 0 Å². The largest absolute Gasteiger partial charge is 0.126 e. The van der Waals surface area contributed by atoms with Gasteiger partial charge in [0.15, 0.2) is 0 Å². The van der Waals surface area contributed by atoms with Crippen molar-refractivity contribution in [2.24, 2.45) is 0 Å². The Morgan fingerprint density at radius 2 is 1.73 bits per heavy atom. The van der Waals surface area contributed by atoms with Crippen LogP contribution in [-0.2, 0) is 0 Å². The summed E-state index contributed by atoms with van der Waals surface area (Å²) in [6.45, 7) is 9.14. The van der Waals surface area contributed by atoms with Gasteiger partial charge in [-0.15, -0.1) is 5.73 Å². The van der Waals surface area contributed by atoms with E-state index in [1.807, 2.05) is 30.3 Å². The van der Waals surface area contributed by atoms with Crippen LogP contribution in [0.5, 0.6) is 0 Å². The molecular weight excluding hydrogens is 220 g/mol. The van der Waals surface area contributed by atoms with Crippen molar-refractivity contribution < 1.29 is 0 Å². The van der Waals surface area contributed by atoms with Crippen molar-refractivity contribution in [2.45, 2.75) is 26.6 Å². The summed E-state index contributed by atoms with van der Waals surface area (Å²) in [6.07, 6.45) is 2.03. The molecule has 0 spiro atoms. The number of benzene rings is 1. The van der Waals surface area contributed by atoms with E-state index < -0.39 is 8.07 Å². The summed E-state index contributed by atoms with van der Waals surface area (Å²) in [5.41, 5.74) is 4.52. The average Bonchev–Trinajstić information content (AvgIpc) is 2.15. The van der Waals surface area contributed by atoms with Crippen LogP contribution in [0.3, 0.4) is 0 Å². The van der Waals surface area contributed by atoms with E-state index in [2.05, 4.69) is 32.3 Å². The van der Waals surface area contributed by atoms with Gasteiger partial charge < -0.3 is 0 Å². The summed E-state index contributed by atoms with van der Waals surface area (Å²) in [5.74, 6) is 0. The first-order chi connectivity index (χ1) is 6.89. The van der Waals surface area contributed by atoms with Gasteiger partial charge >= 0.3 is 0 Å². The molecule has 0 nitrogen and oxygen atoms in total. The van der Waals surface area contributed by atoms with Crippen molar-refractivity contribution in [1.29, 1.82) is 0 Å². The van der Waals surface area contributed by atoms with Gasteiger partial charge in [-0.05, 0) is 35.9 Å². The molecule has 0 radical (unpaired) electrons. The zero-order chi connectivity index (χ0) is 11.5. The molecule has 0 aliphatic heterocycles. The molecular formula is C13H17ClSi. The second kappa shape index (κ2) is 4.85. The summed E-state index contributed by atoms with van der Waals surface area (Å²) in [5, 5.41) is 2.16. The van der Waals surface area contributed by atoms with Crippen LogP contribution in [0.2, 0.25) is 24.7 Å². The number of hydrogen-bond donors (Lipinski definition) is 0. The van der Waals surface area contributed by atoms with Crippen molar-refractivity contribution in [1.82, 2.24) is 0 Å². The highest BCUT2D eigenvalue weighted by Gasteiger charge is 2.14. The van der Waals surface area contributed by atoms with E-state index in [9.17, 15) is 0 Å². The maximum Gasteiger partial charge on any atom is 0.0819 e. The SMILES string of the molecule is CC(=C=Cc1ccc(Cl)cc1)[Si](C)(C)C. The van der Waals surface area contributed by atoms with E-state index in [1.54, 1.807) is 0 Å². The fourth-order valence-corrected chi connectivity index (χ4v) is 1.60. The Morgan fingerprint density at radius 3 is 2.20 bits per heavy atom. The minimum atomic E-state index is -1.18. The first-order valence-electron chi connectivity index (χ1n) is 5.09. The molecule has 0 atom stereocenters. The number of halogens is 1. The van der Waals surface area contributed by atoms with Gasteiger partial charge in [0.05, 0.1) is 8.07 Å². The van der Waals surface area contributed by atoms with Crippen molar-refractivity contribution in [3.8, 4) is 0 Å². The van der Waals surface area contributed by atoms with Crippen molar-refractivity contribution >= 4 is 25.8 Å². The van der Waals surface area contributed by atoms with Crippen LogP contribution in [0.15, 0.2) is 35.2 Å². The molecule has 0 heterocycles. The highest BCUT2D eigenvalue weighted by Crippen LogP contribution is 2.14. The Labute approximate surface area is 98.3 Å². The van der Waals surface area contributed by atoms with Gasteiger partial charge in [-0.3, -0.25) is 0 Å². The van der Waals surface area contributed by atoms with Crippen LogP contribution in [0, 0.1) is 0 Å². The van der Waals surface area contributed by atoms with Gasteiger partial charge in [-0.25, -0.2) is 0 Å². The highest BCUT2D eigenvalue weighted by molar-refractivity contribution is 6.82. The van der Waals surface area contributed by atoms with Crippen molar-refractivity contribution in [3.63, 3.8) is 0 Å². The van der Waals surface area contributed by atoms with Crippen LogP contribution in [0.1, 0.15) is 12.5 Å². The molecule has 0 N–H and O–H groups in total. The normalized spacial score (nSPS) is 10.7. The lowest BCUT2D eigenvalue weighted by Gasteiger charge is -2.13. The standard InChI is InChI=1S/C13H17ClSi/c1-11(15(2,3)4)5-6-12-7-9-13(14)10-8-12/h6-10H,1-4H3. The molecule has 2 heteroatoms. The summed E-state index contributed by atoms with van der Waals surface area (Å²) in [6, 6.07) is 7.82. The molecule has 80 valence electrons. The summed E-state index contributed by atoms with van der Waals surface area (Å²) >= 11 is 5.81. The maximum absolute atomic E-state index is 5.81. The van der Waals surface area contributed by atoms with Crippen LogP contribution >= 0.6 is 11.6 Å². The monoisotopic (exact) mass is 236 g/mol. The molecule has 0 aliphatic carbocycles. The van der Waals surface area contributed by atoms with Crippen molar-refractivity contribution in [3.05, 3.63) is 45.8 Å². The van der Waals surface area contributed by atoms with Gasteiger partial charge in [0.1, 0.15) is 0 Å². The minimum Gasteiger partial charge on any atom is -0.126 e. The van der Waals surface area contributed by atoms with E-state index in [-0.39, 0.29) is 0 Å². The molecule has 0 unspecified atom stereocenters. The predicted molar refractivity (Wildman–Crippen MR) is 72.0 cm³/mol. The Morgan fingerprint density at radius 1 is 1.20 bits per heavy atom. The van der Waals surface area contributed by atoms with Crippen molar-refractivity contribution in [2.75, 3.05) is 0 Å². The third kappa shape index (κ3) is 4.09. The molecule has 0 fully saturated rings. The quantitative estimate of drug-likeness (QED) is 0.512. The lowest BCUT2D eigenvalue weighted by molar-refractivity contribution is 1.54. The minimum absolute atomic E-state index is 0.776. The molecule has 15 heavy (non-hydrogen) atoms. The van der Waals surface area contributed by atoms with Gasteiger partial charge in [0, 0.05) is 5.02 Å². The predicted octanol–water partition coefficient (Wildman–Crippen LogP) is 4.78. The zero-order valence-electron chi connectivity index (χ0n) is 9.76. The average molecular weight is 237 g/mol. The first-order valence-corrected chi connectivity index (χ1v) is 8.97. The second-order valence-electron chi connectivity index (χ2n) is 4.72. The summed E-state index contributed by atoms with van der Waals surface area (Å²) < 4.78 is 0. The Balaban J connectivity index is 2.95. The lowest BCUT2D eigenvalue weighted by Crippen LogP contribution is -2.21. The van der Waals surface area contributed by atoms with Gasteiger partial charge in [-0.2, -0.15) is 0 Å². The fourth-order valence-electron chi connectivity index (χ4n) is 0.967. The number of rotatable bonds is 2. The van der Waals surface area contributed by atoms with E-state index >= 15 is 0 Å². The van der Waals surface area contributed by atoms with Crippen LogP contribution in [0.4, 0.5) is 0 Å².